The van der Waals surface area contributed by atoms with Crippen LogP contribution >= 0.6 is 0 Å². The Morgan fingerprint density at radius 2 is 2.00 bits per heavy atom. The predicted octanol–water partition coefficient (Wildman–Crippen LogP) is 1.79. The molecular formula is C14H21NO3. The van der Waals surface area contributed by atoms with Crippen molar-refractivity contribution in [2.75, 3.05) is 40.0 Å². The molecule has 4 heteroatoms. The summed E-state index contributed by atoms with van der Waals surface area (Å²) in [5.74, 6) is 1.74. The standard InChI is InChI=1S/C14H21NO3/c1-12-11-15(7-9-17-12)8-10-18-14-5-3-13(16-2)4-6-14/h3-6,12H,7-11H2,1-2H3. The van der Waals surface area contributed by atoms with Gasteiger partial charge in [0.2, 0.25) is 0 Å². The van der Waals surface area contributed by atoms with Crippen molar-refractivity contribution in [1.29, 1.82) is 0 Å². The summed E-state index contributed by atoms with van der Waals surface area (Å²) < 4.78 is 16.3. The van der Waals surface area contributed by atoms with Gasteiger partial charge in [-0.3, -0.25) is 4.90 Å². The first-order chi connectivity index (χ1) is 8.78. The van der Waals surface area contributed by atoms with Crippen molar-refractivity contribution in [2.45, 2.75) is 13.0 Å². The van der Waals surface area contributed by atoms with E-state index in [0.717, 1.165) is 37.7 Å². The second kappa shape index (κ2) is 6.61. The normalized spacial score (nSPS) is 20.7. The molecule has 1 aromatic carbocycles. The molecule has 1 fully saturated rings. The lowest BCUT2D eigenvalue weighted by Gasteiger charge is -2.30. The third-order valence-electron chi connectivity index (χ3n) is 3.06. The zero-order valence-corrected chi connectivity index (χ0v) is 11.1. The quantitative estimate of drug-likeness (QED) is 0.798. The van der Waals surface area contributed by atoms with Crippen LogP contribution in [0.5, 0.6) is 11.5 Å². The molecule has 100 valence electrons. The van der Waals surface area contributed by atoms with Gasteiger partial charge in [-0.25, -0.2) is 0 Å². The van der Waals surface area contributed by atoms with E-state index in [0.29, 0.717) is 12.7 Å². The minimum absolute atomic E-state index is 0.333. The zero-order valence-electron chi connectivity index (χ0n) is 11.1. The van der Waals surface area contributed by atoms with Crippen molar-refractivity contribution < 1.29 is 14.2 Å². The van der Waals surface area contributed by atoms with Crippen LogP contribution in [0.1, 0.15) is 6.92 Å². The van der Waals surface area contributed by atoms with Crippen molar-refractivity contribution in [3.8, 4) is 11.5 Å². The molecule has 0 N–H and O–H groups in total. The highest BCUT2D eigenvalue weighted by Gasteiger charge is 2.15. The SMILES string of the molecule is COc1ccc(OCCN2CCOC(C)C2)cc1. The van der Waals surface area contributed by atoms with Gasteiger partial charge >= 0.3 is 0 Å². The Morgan fingerprint density at radius 1 is 1.28 bits per heavy atom. The summed E-state index contributed by atoms with van der Waals surface area (Å²) in [5.41, 5.74) is 0. The highest BCUT2D eigenvalue weighted by molar-refractivity contribution is 5.31. The molecule has 2 rings (SSSR count). The molecule has 0 saturated carbocycles. The van der Waals surface area contributed by atoms with Crippen LogP contribution in [0.3, 0.4) is 0 Å². The van der Waals surface area contributed by atoms with Crippen molar-refractivity contribution in [3.63, 3.8) is 0 Å². The summed E-state index contributed by atoms with van der Waals surface area (Å²) in [6.45, 7) is 6.57. The van der Waals surface area contributed by atoms with E-state index in [4.69, 9.17) is 14.2 Å². The maximum atomic E-state index is 5.71. The Balaban J connectivity index is 1.70. The van der Waals surface area contributed by atoms with Crippen LogP contribution in [-0.4, -0.2) is 51.0 Å². The lowest BCUT2D eigenvalue weighted by molar-refractivity contribution is -0.0214. The number of morpholine rings is 1. The molecule has 1 saturated heterocycles. The molecule has 1 aromatic rings. The Hall–Kier alpha value is -1.26. The summed E-state index contributed by atoms with van der Waals surface area (Å²) in [6.07, 6.45) is 0.333. The van der Waals surface area contributed by atoms with Gasteiger partial charge in [0.05, 0.1) is 19.8 Å². The number of ether oxygens (including phenoxy) is 3. The molecule has 1 heterocycles. The van der Waals surface area contributed by atoms with Crippen molar-refractivity contribution in [1.82, 2.24) is 4.90 Å². The molecule has 1 aliphatic rings. The highest BCUT2D eigenvalue weighted by Crippen LogP contribution is 2.16. The topological polar surface area (TPSA) is 30.9 Å². The van der Waals surface area contributed by atoms with E-state index in [2.05, 4.69) is 11.8 Å². The monoisotopic (exact) mass is 251 g/mol. The van der Waals surface area contributed by atoms with Crippen LogP contribution < -0.4 is 9.47 Å². The molecule has 0 bridgehead atoms. The Labute approximate surface area is 108 Å². The number of nitrogens with zero attached hydrogens (tertiary/aromatic N) is 1. The third-order valence-corrected chi connectivity index (χ3v) is 3.06. The Bertz CT molecular complexity index is 353. The van der Waals surface area contributed by atoms with E-state index in [1.807, 2.05) is 24.3 Å². The third kappa shape index (κ3) is 3.89. The molecule has 0 amide bonds. The zero-order chi connectivity index (χ0) is 12.8. The van der Waals surface area contributed by atoms with Gasteiger partial charge in [0, 0.05) is 19.6 Å². The number of rotatable bonds is 5. The number of hydrogen-bond donors (Lipinski definition) is 0. The first-order valence-electron chi connectivity index (χ1n) is 6.39. The number of hydrogen-bond acceptors (Lipinski definition) is 4. The second-order valence-electron chi connectivity index (χ2n) is 4.51. The van der Waals surface area contributed by atoms with E-state index in [1.54, 1.807) is 7.11 Å². The minimum atomic E-state index is 0.333. The average Bonchev–Trinajstić information content (AvgIpc) is 2.40. The highest BCUT2D eigenvalue weighted by atomic mass is 16.5. The maximum absolute atomic E-state index is 5.71. The predicted molar refractivity (Wildman–Crippen MR) is 70.3 cm³/mol. The van der Waals surface area contributed by atoms with Crippen molar-refractivity contribution in [3.05, 3.63) is 24.3 Å². The Morgan fingerprint density at radius 3 is 2.67 bits per heavy atom. The van der Waals surface area contributed by atoms with Crippen LogP contribution in [0.2, 0.25) is 0 Å². The van der Waals surface area contributed by atoms with Crippen LogP contribution in [0.25, 0.3) is 0 Å². The fraction of sp³-hybridized carbons (Fsp3) is 0.571. The molecule has 18 heavy (non-hydrogen) atoms. The van der Waals surface area contributed by atoms with Crippen LogP contribution in [0.4, 0.5) is 0 Å². The molecule has 1 atom stereocenters. The molecule has 0 aliphatic carbocycles. The summed E-state index contributed by atoms with van der Waals surface area (Å²) in [5, 5.41) is 0. The van der Waals surface area contributed by atoms with Gasteiger partial charge in [-0.15, -0.1) is 0 Å². The fourth-order valence-electron chi connectivity index (χ4n) is 2.06. The first-order valence-corrected chi connectivity index (χ1v) is 6.39. The molecule has 1 aliphatic heterocycles. The fourth-order valence-corrected chi connectivity index (χ4v) is 2.06. The van der Waals surface area contributed by atoms with E-state index >= 15 is 0 Å². The van der Waals surface area contributed by atoms with Crippen LogP contribution in [0, 0.1) is 0 Å². The van der Waals surface area contributed by atoms with Crippen molar-refractivity contribution >= 4 is 0 Å². The van der Waals surface area contributed by atoms with Gasteiger partial charge in [0.15, 0.2) is 0 Å². The van der Waals surface area contributed by atoms with Crippen LogP contribution in [0.15, 0.2) is 24.3 Å². The van der Waals surface area contributed by atoms with E-state index in [-0.39, 0.29) is 0 Å². The van der Waals surface area contributed by atoms with Gasteiger partial charge in [-0.2, -0.15) is 0 Å². The summed E-state index contributed by atoms with van der Waals surface area (Å²) in [7, 11) is 1.66. The van der Waals surface area contributed by atoms with Gasteiger partial charge in [-0.1, -0.05) is 0 Å². The van der Waals surface area contributed by atoms with Gasteiger partial charge in [0.25, 0.3) is 0 Å². The lowest BCUT2D eigenvalue weighted by atomic mass is 10.3. The number of benzene rings is 1. The van der Waals surface area contributed by atoms with E-state index in [1.165, 1.54) is 0 Å². The maximum Gasteiger partial charge on any atom is 0.119 e. The van der Waals surface area contributed by atoms with Crippen molar-refractivity contribution in [2.24, 2.45) is 0 Å². The smallest absolute Gasteiger partial charge is 0.119 e. The molecule has 0 aromatic heterocycles. The average molecular weight is 251 g/mol. The number of methoxy groups -OCH3 is 1. The second-order valence-corrected chi connectivity index (χ2v) is 4.51. The molecular weight excluding hydrogens is 230 g/mol. The molecule has 4 nitrogen and oxygen atoms in total. The lowest BCUT2D eigenvalue weighted by Crippen LogP contribution is -2.42. The summed E-state index contributed by atoms with van der Waals surface area (Å²) >= 11 is 0. The summed E-state index contributed by atoms with van der Waals surface area (Å²) in [4.78, 5) is 2.37. The molecule has 0 radical (unpaired) electrons. The van der Waals surface area contributed by atoms with Gasteiger partial charge < -0.3 is 14.2 Å². The largest absolute Gasteiger partial charge is 0.497 e. The van der Waals surface area contributed by atoms with E-state index in [9.17, 15) is 0 Å². The van der Waals surface area contributed by atoms with Gasteiger partial charge in [-0.05, 0) is 31.2 Å². The molecule has 0 spiro atoms. The summed E-state index contributed by atoms with van der Waals surface area (Å²) in [6, 6.07) is 7.68. The van der Waals surface area contributed by atoms with Gasteiger partial charge in [0.1, 0.15) is 18.1 Å². The molecule has 1 unspecified atom stereocenters. The first kappa shape index (κ1) is 13.2. The Kier molecular flexibility index (Phi) is 4.84. The van der Waals surface area contributed by atoms with Crippen LogP contribution in [-0.2, 0) is 4.74 Å². The van der Waals surface area contributed by atoms with E-state index < -0.39 is 0 Å². The minimum Gasteiger partial charge on any atom is -0.497 e.